The van der Waals surface area contributed by atoms with E-state index in [2.05, 4.69) is 4.98 Å². The molecule has 12 heteroatoms. The molecule has 0 atom stereocenters. The first-order valence-electron chi connectivity index (χ1n) is 6.98. The monoisotopic (exact) mass is 407 g/mol. The van der Waals surface area contributed by atoms with E-state index in [1.165, 1.54) is 0 Å². The SMILES string of the molecule is CC(C)(C)c1csc(Sc2c([N+](=O)[O-])cc(C(F)(F)F)cc2[N+](=O)[O-])n1. The van der Waals surface area contributed by atoms with Crippen molar-refractivity contribution in [3.05, 3.63) is 49.0 Å². The van der Waals surface area contributed by atoms with Gasteiger partial charge < -0.3 is 0 Å². The normalized spacial score (nSPS) is 12.2. The Balaban J connectivity index is 2.61. The van der Waals surface area contributed by atoms with Gasteiger partial charge in [0.25, 0.3) is 11.4 Å². The van der Waals surface area contributed by atoms with E-state index in [9.17, 15) is 33.4 Å². The molecule has 0 fully saturated rings. The molecule has 0 aliphatic heterocycles. The standard InChI is InChI=1S/C14H12F3N3O4S2/c1-13(2,3)10-6-25-12(18-10)26-11-8(19(21)22)4-7(14(15,16)17)5-9(11)20(23)24/h4-6H,1-3H3. The third-order valence-corrected chi connectivity index (χ3v) is 5.27. The fourth-order valence-corrected chi connectivity index (χ4v) is 4.03. The van der Waals surface area contributed by atoms with E-state index in [1.54, 1.807) is 5.38 Å². The second kappa shape index (κ2) is 6.83. The van der Waals surface area contributed by atoms with Gasteiger partial charge in [0.15, 0.2) is 9.24 Å². The van der Waals surface area contributed by atoms with E-state index in [1.807, 2.05) is 20.8 Å². The van der Waals surface area contributed by atoms with Gasteiger partial charge in [0.1, 0.15) is 0 Å². The average molecular weight is 407 g/mol. The molecule has 1 aromatic heterocycles. The van der Waals surface area contributed by atoms with Gasteiger partial charge in [-0.05, 0) is 11.8 Å². The van der Waals surface area contributed by atoms with E-state index in [0.717, 1.165) is 11.3 Å². The van der Waals surface area contributed by atoms with E-state index in [4.69, 9.17) is 0 Å². The molecule has 0 aliphatic carbocycles. The molecule has 0 bridgehead atoms. The van der Waals surface area contributed by atoms with Crippen molar-refractivity contribution in [3.8, 4) is 0 Å². The van der Waals surface area contributed by atoms with Crippen LogP contribution in [0.2, 0.25) is 0 Å². The highest BCUT2D eigenvalue weighted by atomic mass is 32.2. The Bertz CT molecular complexity index is 840. The van der Waals surface area contributed by atoms with E-state index < -0.39 is 37.9 Å². The Labute approximate surface area is 153 Å². The number of aromatic nitrogens is 1. The number of rotatable bonds is 4. The van der Waals surface area contributed by atoms with Crippen LogP contribution in [0.4, 0.5) is 24.5 Å². The Hall–Kier alpha value is -2.21. The van der Waals surface area contributed by atoms with Crippen LogP contribution in [0.15, 0.2) is 26.7 Å². The number of nitro benzene ring substituents is 2. The molecule has 26 heavy (non-hydrogen) atoms. The molecule has 0 N–H and O–H groups in total. The van der Waals surface area contributed by atoms with Gasteiger partial charge in [-0.2, -0.15) is 13.2 Å². The van der Waals surface area contributed by atoms with Crippen LogP contribution in [0.25, 0.3) is 0 Å². The second-order valence-electron chi connectivity index (χ2n) is 6.21. The lowest BCUT2D eigenvalue weighted by Crippen LogP contribution is -2.11. The quantitative estimate of drug-likeness (QED) is 0.495. The molecule has 7 nitrogen and oxygen atoms in total. The molecule has 140 valence electrons. The maximum Gasteiger partial charge on any atom is 0.416 e. The van der Waals surface area contributed by atoms with Gasteiger partial charge in [-0.25, -0.2) is 4.98 Å². The summed E-state index contributed by atoms with van der Waals surface area (Å²) in [5, 5.41) is 24.1. The third-order valence-electron chi connectivity index (χ3n) is 3.21. The molecule has 0 saturated heterocycles. The average Bonchev–Trinajstić information content (AvgIpc) is 2.94. The molecule has 0 unspecified atom stereocenters. The molecule has 0 aliphatic rings. The first kappa shape index (κ1) is 20.1. The number of nitrogens with zero attached hydrogens (tertiary/aromatic N) is 3. The third kappa shape index (κ3) is 4.30. The van der Waals surface area contributed by atoms with Gasteiger partial charge in [0.2, 0.25) is 0 Å². The number of thiazole rings is 1. The lowest BCUT2D eigenvalue weighted by Gasteiger charge is -2.14. The molecule has 2 rings (SSSR count). The van der Waals surface area contributed by atoms with Crippen LogP contribution in [0.1, 0.15) is 32.0 Å². The fraction of sp³-hybridized carbons (Fsp3) is 0.357. The van der Waals surface area contributed by atoms with Crippen molar-refractivity contribution < 1.29 is 23.0 Å². The molecule has 2 aromatic rings. The highest BCUT2D eigenvalue weighted by molar-refractivity contribution is 8.01. The molecular weight excluding hydrogens is 395 g/mol. The molecule has 0 saturated carbocycles. The van der Waals surface area contributed by atoms with Crippen molar-refractivity contribution in [1.82, 2.24) is 4.98 Å². The number of hydrogen-bond acceptors (Lipinski definition) is 7. The van der Waals surface area contributed by atoms with Crippen LogP contribution >= 0.6 is 23.1 Å². The zero-order valence-electron chi connectivity index (χ0n) is 13.7. The number of hydrogen-bond donors (Lipinski definition) is 0. The van der Waals surface area contributed by atoms with Crippen molar-refractivity contribution >= 4 is 34.5 Å². The smallest absolute Gasteiger partial charge is 0.258 e. The summed E-state index contributed by atoms with van der Waals surface area (Å²) in [4.78, 5) is 24.1. The van der Waals surface area contributed by atoms with E-state index in [0.29, 0.717) is 29.6 Å². The van der Waals surface area contributed by atoms with Crippen molar-refractivity contribution in [2.75, 3.05) is 0 Å². The Morgan fingerprint density at radius 3 is 1.92 bits per heavy atom. The molecule has 1 heterocycles. The molecule has 0 spiro atoms. The summed E-state index contributed by atoms with van der Waals surface area (Å²) < 4.78 is 39.0. The van der Waals surface area contributed by atoms with Crippen LogP contribution in [0.3, 0.4) is 0 Å². The van der Waals surface area contributed by atoms with E-state index >= 15 is 0 Å². The van der Waals surface area contributed by atoms with Gasteiger partial charge in [-0.15, -0.1) is 11.3 Å². The predicted octanol–water partition coefficient (Wildman–Crippen LogP) is 5.43. The topological polar surface area (TPSA) is 99.2 Å². The summed E-state index contributed by atoms with van der Waals surface area (Å²) in [6, 6.07) is 0.598. The van der Waals surface area contributed by atoms with Gasteiger partial charge in [0.05, 0.1) is 21.1 Å². The second-order valence-corrected chi connectivity index (χ2v) is 8.32. The highest BCUT2D eigenvalue weighted by Gasteiger charge is 2.38. The minimum Gasteiger partial charge on any atom is -0.258 e. The number of alkyl halides is 3. The first-order chi connectivity index (χ1) is 11.8. The lowest BCUT2D eigenvalue weighted by atomic mass is 9.93. The number of halogens is 3. The lowest BCUT2D eigenvalue weighted by molar-refractivity contribution is -0.400. The first-order valence-corrected chi connectivity index (χ1v) is 8.68. The summed E-state index contributed by atoms with van der Waals surface area (Å²) in [7, 11) is 0. The van der Waals surface area contributed by atoms with Gasteiger partial charge >= 0.3 is 6.18 Å². The molecule has 0 radical (unpaired) electrons. The Morgan fingerprint density at radius 1 is 1.08 bits per heavy atom. The van der Waals surface area contributed by atoms with Crippen LogP contribution in [-0.4, -0.2) is 14.8 Å². The minimum atomic E-state index is -4.95. The zero-order chi connectivity index (χ0) is 19.9. The van der Waals surface area contributed by atoms with Gasteiger partial charge in [-0.3, -0.25) is 20.2 Å². The summed E-state index contributed by atoms with van der Waals surface area (Å²) in [6.07, 6.45) is -4.95. The summed E-state index contributed by atoms with van der Waals surface area (Å²) in [6.45, 7) is 5.67. The summed E-state index contributed by atoms with van der Waals surface area (Å²) >= 11 is 1.72. The fourth-order valence-electron chi connectivity index (χ4n) is 1.87. The van der Waals surface area contributed by atoms with Crippen molar-refractivity contribution in [3.63, 3.8) is 0 Å². The molecule has 0 amide bonds. The van der Waals surface area contributed by atoms with Crippen LogP contribution in [0, 0.1) is 20.2 Å². The number of nitro groups is 2. The number of benzene rings is 1. The van der Waals surface area contributed by atoms with Crippen molar-refractivity contribution in [1.29, 1.82) is 0 Å². The Morgan fingerprint density at radius 2 is 1.58 bits per heavy atom. The minimum absolute atomic E-state index is 0.265. The van der Waals surface area contributed by atoms with Crippen LogP contribution in [0.5, 0.6) is 0 Å². The summed E-state index contributed by atoms with van der Waals surface area (Å²) in [5.41, 5.74) is -3.06. The maximum atomic E-state index is 12.9. The van der Waals surface area contributed by atoms with Crippen LogP contribution in [-0.2, 0) is 11.6 Å². The largest absolute Gasteiger partial charge is 0.416 e. The zero-order valence-corrected chi connectivity index (χ0v) is 15.3. The van der Waals surface area contributed by atoms with E-state index in [-0.39, 0.29) is 9.75 Å². The molecule has 1 aromatic carbocycles. The van der Waals surface area contributed by atoms with Gasteiger partial charge in [0, 0.05) is 22.9 Å². The Kier molecular flexibility index (Phi) is 5.29. The predicted molar refractivity (Wildman–Crippen MR) is 89.7 cm³/mol. The van der Waals surface area contributed by atoms with Crippen LogP contribution < -0.4 is 0 Å². The van der Waals surface area contributed by atoms with Crippen molar-refractivity contribution in [2.24, 2.45) is 0 Å². The van der Waals surface area contributed by atoms with Gasteiger partial charge in [-0.1, -0.05) is 20.8 Å². The summed E-state index contributed by atoms with van der Waals surface area (Å²) in [5.74, 6) is 0. The van der Waals surface area contributed by atoms with Crippen molar-refractivity contribution in [2.45, 2.75) is 41.6 Å². The maximum absolute atomic E-state index is 12.9. The molecular formula is C14H12F3N3O4S2. The highest BCUT2D eigenvalue weighted by Crippen LogP contribution is 2.46.